The number of rotatable bonds is 5. The van der Waals surface area contributed by atoms with Gasteiger partial charge in [0.25, 0.3) is 0 Å². The zero-order chi connectivity index (χ0) is 18.8. The molecule has 136 valence electrons. The third kappa shape index (κ3) is 3.41. The van der Waals surface area contributed by atoms with E-state index in [1.165, 1.54) is 17.5 Å². The van der Waals surface area contributed by atoms with Gasteiger partial charge in [-0.3, -0.25) is 9.71 Å². The Morgan fingerprint density at radius 1 is 1.15 bits per heavy atom. The van der Waals surface area contributed by atoms with Crippen LogP contribution in [-0.4, -0.2) is 21.3 Å². The highest BCUT2D eigenvalue weighted by atomic mass is 32.2. The molecule has 1 atom stereocenters. The molecule has 0 fully saturated rings. The smallest absolute Gasteiger partial charge is 0.194 e. The third-order valence-electron chi connectivity index (χ3n) is 4.00. The maximum Gasteiger partial charge on any atom is 0.194 e. The van der Waals surface area contributed by atoms with Gasteiger partial charge in [-0.1, -0.05) is 18.2 Å². The molecule has 2 heterocycles. The predicted molar refractivity (Wildman–Crippen MR) is 106 cm³/mol. The number of methoxy groups -OCH3 is 1. The lowest BCUT2D eigenvalue weighted by Gasteiger charge is -2.12. The van der Waals surface area contributed by atoms with Crippen molar-refractivity contribution in [2.75, 3.05) is 11.8 Å². The van der Waals surface area contributed by atoms with Crippen LogP contribution in [0.3, 0.4) is 0 Å². The van der Waals surface area contributed by atoms with Crippen LogP contribution in [0.15, 0.2) is 65.1 Å². The Morgan fingerprint density at radius 2 is 2.00 bits per heavy atom. The Morgan fingerprint density at radius 3 is 2.78 bits per heavy atom. The van der Waals surface area contributed by atoms with Gasteiger partial charge in [0.05, 0.1) is 23.9 Å². The van der Waals surface area contributed by atoms with Crippen molar-refractivity contribution in [1.82, 2.24) is 9.97 Å². The first-order valence-electron chi connectivity index (χ1n) is 7.97. The second kappa shape index (κ2) is 7.42. The van der Waals surface area contributed by atoms with Gasteiger partial charge < -0.3 is 4.74 Å². The number of aromatic nitrogens is 2. The molecule has 0 saturated heterocycles. The van der Waals surface area contributed by atoms with Gasteiger partial charge >= 0.3 is 0 Å². The minimum Gasteiger partial charge on any atom is -0.496 e. The summed E-state index contributed by atoms with van der Waals surface area (Å²) in [5.74, 6) is 0.174. The van der Waals surface area contributed by atoms with Crippen molar-refractivity contribution in [1.29, 1.82) is 0 Å². The van der Waals surface area contributed by atoms with Crippen LogP contribution in [0.5, 0.6) is 5.75 Å². The number of pyridine rings is 1. The first kappa shape index (κ1) is 17.6. The van der Waals surface area contributed by atoms with Crippen LogP contribution >= 0.6 is 11.3 Å². The average Bonchev–Trinajstić information content (AvgIpc) is 3.21. The van der Waals surface area contributed by atoms with Crippen LogP contribution in [0.25, 0.3) is 22.0 Å². The molecule has 0 saturated carbocycles. The van der Waals surface area contributed by atoms with E-state index in [1.54, 1.807) is 36.9 Å². The summed E-state index contributed by atoms with van der Waals surface area (Å²) in [4.78, 5) is 8.77. The highest BCUT2D eigenvalue weighted by Gasteiger charge is 2.15. The minimum absolute atomic E-state index is 0.345. The Labute approximate surface area is 161 Å². The molecule has 2 aromatic heterocycles. The van der Waals surface area contributed by atoms with E-state index in [0.29, 0.717) is 32.2 Å². The maximum atomic E-state index is 14.5. The molecule has 0 aliphatic rings. The number of anilines is 1. The van der Waals surface area contributed by atoms with Crippen molar-refractivity contribution in [3.8, 4) is 17.0 Å². The molecular weight excluding hydrogens is 385 g/mol. The summed E-state index contributed by atoms with van der Waals surface area (Å²) in [7, 11) is 0.0314. The van der Waals surface area contributed by atoms with Crippen LogP contribution in [0.1, 0.15) is 0 Å². The van der Waals surface area contributed by atoms with Gasteiger partial charge in [0.1, 0.15) is 11.6 Å². The lowest BCUT2D eigenvalue weighted by Crippen LogP contribution is -2.04. The van der Waals surface area contributed by atoms with E-state index in [9.17, 15) is 8.60 Å². The topological polar surface area (TPSA) is 64.1 Å². The number of benzene rings is 2. The van der Waals surface area contributed by atoms with Gasteiger partial charge in [-0.25, -0.2) is 13.6 Å². The number of thiazole rings is 1. The molecule has 4 rings (SSSR count). The van der Waals surface area contributed by atoms with Gasteiger partial charge in [0.2, 0.25) is 0 Å². The number of halogens is 1. The molecule has 4 aromatic rings. The number of hydrogen-bond donors (Lipinski definition) is 1. The Balaban J connectivity index is 1.81. The standard InChI is InChI=1S/C19H14FN3O2S2/c1-25-17-5-3-2-4-14(17)18-13-7-6-12(10-15(13)16(20)11-22-18)27(24)23-19-21-8-9-26-19/h2-11H,1H3,(H,21,23). The molecule has 8 heteroatoms. The first-order chi connectivity index (χ1) is 13.2. The monoisotopic (exact) mass is 399 g/mol. The quantitative estimate of drug-likeness (QED) is 0.531. The predicted octanol–water partition coefficient (Wildman–Crippen LogP) is 4.64. The van der Waals surface area contributed by atoms with Crippen LogP contribution in [0.2, 0.25) is 0 Å². The van der Waals surface area contributed by atoms with E-state index in [-0.39, 0.29) is 0 Å². The largest absolute Gasteiger partial charge is 0.496 e. The van der Waals surface area contributed by atoms with Crippen LogP contribution in [0, 0.1) is 5.82 Å². The Kier molecular flexibility index (Phi) is 4.83. The summed E-state index contributed by atoms with van der Waals surface area (Å²) in [6.45, 7) is 0. The molecule has 0 spiro atoms. The molecule has 0 radical (unpaired) electrons. The zero-order valence-electron chi connectivity index (χ0n) is 14.2. The summed E-state index contributed by atoms with van der Waals surface area (Å²) < 4.78 is 35.2. The molecule has 0 bridgehead atoms. The molecule has 5 nitrogen and oxygen atoms in total. The third-order valence-corrected chi connectivity index (χ3v) is 5.88. The molecule has 2 aromatic carbocycles. The van der Waals surface area contributed by atoms with Gasteiger partial charge in [0.15, 0.2) is 16.1 Å². The fraction of sp³-hybridized carbons (Fsp3) is 0.0526. The van der Waals surface area contributed by atoms with Crippen molar-refractivity contribution in [2.24, 2.45) is 0 Å². The number of nitrogens with zero attached hydrogens (tertiary/aromatic N) is 2. The molecule has 0 aliphatic carbocycles. The van der Waals surface area contributed by atoms with Crippen LogP contribution in [0.4, 0.5) is 9.52 Å². The first-order valence-corrected chi connectivity index (χ1v) is 10.00. The van der Waals surface area contributed by atoms with E-state index >= 15 is 0 Å². The summed E-state index contributed by atoms with van der Waals surface area (Å²) in [6, 6.07) is 12.4. The molecule has 0 amide bonds. The summed E-state index contributed by atoms with van der Waals surface area (Å²) in [5, 5.41) is 3.29. The normalized spacial score (nSPS) is 12.1. The van der Waals surface area contributed by atoms with E-state index in [1.807, 2.05) is 24.3 Å². The summed E-state index contributed by atoms with van der Waals surface area (Å²) in [6.07, 6.45) is 2.79. The fourth-order valence-corrected chi connectivity index (χ4v) is 4.31. The number of hydrogen-bond acceptors (Lipinski definition) is 5. The number of fused-ring (bicyclic) bond motifs is 1. The van der Waals surface area contributed by atoms with E-state index in [0.717, 1.165) is 5.56 Å². The van der Waals surface area contributed by atoms with Gasteiger partial charge in [0, 0.05) is 27.9 Å². The minimum atomic E-state index is -1.55. The molecular formula is C19H14FN3O2S2. The van der Waals surface area contributed by atoms with Crippen molar-refractivity contribution in [3.63, 3.8) is 0 Å². The molecule has 27 heavy (non-hydrogen) atoms. The van der Waals surface area contributed by atoms with Crippen molar-refractivity contribution < 1.29 is 13.3 Å². The zero-order valence-corrected chi connectivity index (χ0v) is 15.8. The molecule has 1 unspecified atom stereocenters. The SMILES string of the molecule is COc1ccccc1-c1ncc(F)c2cc(S(=O)Nc3nccs3)ccc12. The maximum absolute atomic E-state index is 14.5. The molecule has 1 N–H and O–H groups in total. The van der Waals surface area contributed by atoms with E-state index < -0.39 is 16.8 Å². The van der Waals surface area contributed by atoms with Crippen molar-refractivity contribution in [2.45, 2.75) is 4.90 Å². The number of nitrogens with one attached hydrogen (secondary N) is 1. The lowest BCUT2D eigenvalue weighted by molar-refractivity contribution is 0.416. The Hall–Kier alpha value is -2.84. The van der Waals surface area contributed by atoms with Crippen LogP contribution in [-0.2, 0) is 11.0 Å². The number of para-hydroxylation sites is 1. The van der Waals surface area contributed by atoms with Gasteiger partial charge in [-0.2, -0.15) is 0 Å². The van der Waals surface area contributed by atoms with Crippen molar-refractivity contribution in [3.05, 3.63) is 66.1 Å². The van der Waals surface area contributed by atoms with E-state index in [2.05, 4.69) is 14.7 Å². The fourth-order valence-electron chi connectivity index (χ4n) is 2.77. The molecule has 0 aliphatic heterocycles. The van der Waals surface area contributed by atoms with Crippen LogP contribution < -0.4 is 9.46 Å². The van der Waals surface area contributed by atoms with Gasteiger partial charge in [-0.05, 0) is 24.3 Å². The average molecular weight is 399 g/mol. The highest BCUT2D eigenvalue weighted by Crippen LogP contribution is 2.34. The highest BCUT2D eigenvalue weighted by molar-refractivity contribution is 7.86. The number of ether oxygens (including phenoxy) is 1. The summed E-state index contributed by atoms with van der Waals surface area (Å²) in [5.41, 5.74) is 1.37. The van der Waals surface area contributed by atoms with E-state index in [4.69, 9.17) is 4.74 Å². The second-order valence-electron chi connectivity index (χ2n) is 5.57. The summed E-state index contributed by atoms with van der Waals surface area (Å²) >= 11 is 1.34. The van der Waals surface area contributed by atoms with Gasteiger partial charge in [-0.15, -0.1) is 11.3 Å². The van der Waals surface area contributed by atoms with Crippen molar-refractivity contribution >= 4 is 38.2 Å². The lowest BCUT2D eigenvalue weighted by atomic mass is 10.0. The Bertz CT molecular complexity index is 1130. The second-order valence-corrected chi connectivity index (χ2v) is 7.68.